The second-order valence-electron chi connectivity index (χ2n) is 3.35. The van der Waals surface area contributed by atoms with E-state index >= 15 is 0 Å². The van der Waals surface area contributed by atoms with Gasteiger partial charge in [0.2, 0.25) is 0 Å². The van der Waals surface area contributed by atoms with E-state index in [1.807, 2.05) is 42.5 Å². The van der Waals surface area contributed by atoms with E-state index in [1.54, 1.807) is 13.2 Å². The van der Waals surface area contributed by atoms with Crippen molar-refractivity contribution in [2.75, 3.05) is 7.11 Å². The van der Waals surface area contributed by atoms with Crippen molar-refractivity contribution in [1.82, 2.24) is 0 Å². The molecular formula is C14H13BrMgO2. The fourth-order valence-corrected chi connectivity index (χ4v) is 1.41. The summed E-state index contributed by atoms with van der Waals surface area (Å²) in [5.41, 5.74) is 1.14. The van der Waals surface area contributed by atoms with E-state index in [0.717, 1.165) is 11.3 Å². The molecule has 2 rings (SSSR count). The quantitative estimate of drug-likeness (QED) is 0.569. The molecule has 0 bridgehead atoms. The summed E-state index contributed by atoms with van der Waals surface area (Å²) >= 11 is 0. The normalized spacial score (nSPS) is 8.72. The van der Waals surface area contributed by atoms with Crippen molar-refractivity contribution in [2.24, 2.45) is 0 Å². The number of benzene rings is 2. The van der Waals surface area contributed by atoms with Crippen LogP contribution in [0.25, 0.3) is 0 Å². The Morgan fingerprint density at radius 1 is 1.06 bits per heavy atom. The van der Waals surface area contributed by atoms with Crippen molar-refractivity contribution < 1.29 is 26.5 Å². The number of rotatable bonds is 4. The smallest absolute Gasteiger partial charge is 1.00 e. The molecule has 0 fully saturated rings. The van der Waals surface area contributed by atoms with Crippen LogP contribution < -0.4 is 26.5 Å². The van der Waals surface area contributed by atoms with Crippen molar-refractivity contribution in [2.45, 2.75) is 6.61 Å². The van der Waals surface area contributed by atoms with E-state index < -0.39 is 0 Å². The van der Waals surface area contributed by atoms with Gasteiger partial charge in [-0.2, -0.15) is 12.1 Å². The molecule has 0 aliphatic carbocycles. The molecule has 0 saturated heterocycles. The molecule has 2 aromatic rings. The van der Waals surface area contributed by atoms with Crippen LogP contribution in [0.15, 0.2) is 48.5 Å². The zero-order valence-electron chi connectivity index (χ0n) is 10.2. The Morgan fingerprint density at radius 2 is 1.78 bits per heavy atom. The van der Waals surface area contributed by atoms with Gasteiger partial charge in [-0.05, 0) is 5.56 Å². The Labute approximate surface area is 134 Å². The van der Waals surface area contributed by atoms with Gasteiger partial charge in [-0.3, -0.25) is 0 Å². The Balaban J connectivity index is 0.00000144. The SMILES string of the molecule is COc1c[c-]ccc1OCc1ccccc1.[Br-].[Mg+2]. The molecule has 0 aliphatic heterocycles. The van der Waals surface area contributed by atoms with Gasteiger partial charge in [-0.1, -0.05) is 30.3 Å². The first kappa shape index (κ1) is 17.3. The zero-order chi connectivity index (χ0) is 11.2. The summed E-state index contributed by atoms with van der Waals surface area (Å²) in [6.07, 6.45) is 0. The molecule has 0 aromatic heterocycles. The van der Waals surface area contributed by atoms with Crippen molar-refractivity contribution in [3.05, 3.63) is 60.2 Å². The first-order chi connectivity index (χ1) is 7.90. The summed E-state index contributed by atoms with van der Waals surface area (Å²) < 4.78 is 10.8. The van der Waals surface area contributed by atoms with E-state index in [0.29, 0.717) is 12.4 Å². The third-order valence-electron chi connectivity index (χ3n) is 2.25. The van der Waals surface area contributed by atoms with Gasteiger partial charge in [0.15, 0.2) is 0 Å². The predicted octanol–water partition coefficient (Wildman–Crippen LogP) is -0.302. The Kier molecular flexibility index (Phi) is 8.88. The Hall–Kier alpha value is -0.714. The fraction of sp³-hybridized carbons (Fsp3) is 0.143. The first-order valence-electron chi connectivity index (χ1n) is 5.11. The maximum absolute atomic E-state index is 5.67. The van der Waals surface area contributed by atoms with Gasteiger partial charge in [0.1, 0.15) is 6.61 Å². The van der Waals surface area contributed by atoms with E-state index in [-0.39, 0.29) is 40.0 Å². The molecule has 0 spiro atoms. The van der Waals surface area contributed by atoms with E-state index in [2.05, 4.69) is 6.07 Å². The second kappa shape index (κ2) is 9.25. The molecule has 90 valence electrons. The van der Waals surface area contributed by atoms with Gasteiger partial charge < -0.3 is 26.5 Å². The van der Waals surface area contributed by atoms with Gasteiger partial charge in [-0.15, -0.1) is 12.1 Å². The van der Waals surface area contributed by atoms with Crippen molar-refractivity contribution in [3.63, 3.8) is 0 Å². The van der Waals surface area contributed by atoms with Crippen LogP contribution in [0.2, 0.25) is 0 Å². The molecule has 2 nitrogen and oxygen atoms in total. The molecule has 4 heteroatoms. The maximum Gasteiger partial charge on any atom is 2.00 e. The zero-order valence-corrected chi connectivity index (χ0v) is 13.2. The minimum atomic E-state index is 0. The molecule has 0 atom stereocenters. The Bertz CT molecular complexity index is 449. The minimum Gasteiger partial charge on any atom is -1.00 e. The minimum absolute atomic E-state index is 0. The van der Waals surface area contributed by atoms with Gasteiger partial charge >= 0.3 is 23.1 Å². The van der Waals surface area contributed by atoms with Crippen LogP contribution in [0.5, 0.6) is 11.5 Å². The largest absolute Gasteiger partial charge is 2.00 e. The number of ether oxygens (including phenoxy) is 2. The van der Waals surface area contributed by atoms with Crippen molar-refractivity contribution >= 4 is 23.1 Å². The summed E-state index contributed by atoms with van der Waals surface area (Å²) in [4.78, 5) is 0. The summed E-state index contributed by atoms with van der Waals surface area (Å²) in [5, 5.41) is 0. The third kappa shape index (κ3) is 4.88. The fourth-order valence-electron chi connectivity index (χ4n) is 1.41. The topological polar surface area (TPSA) is 18.5 Å². The average molecular weight is 317 g/mol. The maximum atomic E-state index is 5.67. The van der Waals surface area contributed by atoms with Gasteiger partial charge in [0, 0.05) is 5.75 Å². The molecule has 18 heavy (non-hydrogen) atoms. The molecule has 0 saturated carbocycles. The average Bonchev–Trinajstić information content (AvgIpc) is 2.38. The van der Waals surface area contributed by atoms with Gasteiger partial charge in [0.25, 0.3) is 0 Å². The van der Waals surface area contributed by atoms with Crippen LogP contribution in [-0.4, -0.2) is 30.2 Å². The number of hydrogen-bond acceptors (Lipinski definition) is 2. The second-order valence-corrected chi connectivity index (χ2v) is 3.35. The number of hydrogen-bond donors (Lipinski definition) is 0. The number of methoxy groups -OCH3 is 1. The van der Waals surface area contributed by atoms with Crippen LogP contribution in [0.3, 0.4) is 0 Å². The number of halogens is 1. The molecule has 0 N–H and O–H groups in total. The van der Waals surface area contributed by atoms with Crippen LogP contribution in [0.1, 0.15) is 5.56 Å². The van der Waals surface area contributed by atoms with Crippen LogP contribution in [0.4, 0.5) is 0 Å². The Morgan fingerprint density at radius 3 is 2.44 bits per heavy atom. The summed E-state index contributed by atoms with van der Waals surface area (Å²) in [6.45, 7) is 0.543. The molecule has 0 heterocycles. The third-order valence-corrected chi connectivity index (χ3v) is 2.25. The standard InChI is InChI=1S/C14H13O2.BrH.Mg/c1-15-13-9-5-6-10-14(13)16-11-12-7-3-2-4-8-12;;/h2-4,6-10H,11H2,1H3;1H;/q-1;;+2/p-1. The van der Waals surface area contributed by atoms with Crippen LogP contribution in [-0.2, 0) is 6.61 Å². The van der Waals surface area contributed by atoms with Gasteiger partial charge in [-0.25, -0.2) is 0 Å². The molecule has 0 radical (unpaired) electrons. The summed E-state index contributed by atoms with van der Waals surface area (Å²) in [6, 6.07) is 18.4. The van der Waals surface area contributed by atoms with E-state index in [9.17, 15) is 0 Å². The van der Waals surface area contributed by atoms with Crippen molar-refractivity contribution in [3.8, 4) is 11.5 Å². The van der Waals surface area contributed by atoms with Crippen molar-refractivity contribution in [1.29, 1.82) is 0 Å². The molecule has 0 amide bonds. The molecule has 0 aliphatic rings. The summed E-state index contributed by atoms with van der Waals surface area (Å²) in [7, 11) is 1.62. The molecule has 2 aromatic carbocycles. The predicted molar refractivity (Wildman–Crippen MR) is 68.4 cm³/mol. The molecular weight excluding hydrogens is 304 g/mol. The summed E-state index contributed by atoms with van der Waals surface area (Å²) in [5.74, 6) is 1.45. The van der Waals surface area contributed by atoms with Crippen LogP contribution >= 0.6 is 0 Å². The monoisotopic (exact) mass is 316 g/mol. The van der Waals surface area contributed by atoms with E-state index in [4.69, 9.17) is 9.47 Å². The first-order valence-corrected chi connectivity index (χ1v) is 5.11. The van der Waals surface area contributed by atoms with Crippen LogP contribution in [0, 0.1) is 6.07 Å². The van der Waals surface area contributed by atoms with E-state index in [1.165, 1.54) is 0 Å². The van der Waals surface area contributed by atoms with Gasteiger partial charge in [0.05, 0.1) is 12.9 Å². The molecule has 0 unspecified atom stereocenters.